The molecule has 2 N–H and O–H groups in total. The van der Waals surface area contributed by atoms with E-state index < -0.39 is 6.09 Å². The van der Waals surface area contributed by atoms with E-state index in [0.717, 1.165) is 11.1 Å². The third-order valence-corrected chi connectivity index (χ3v) is 2.98. The molecule has 0 fully saturated rings. The van der Waals surface area contributed by atoms with Gasteiger partial charge in [0.05, 0.1) is 0 Å². The number of thiol groups is 1. The Morgan fingerprint density at radius 1 is 1.26 bits per heavy atom. The maximum absolute atomic E-state index is 11.4. The van der Waals surface area contributed by atoms with E-state index in [1.807, 2.05) is 33.8 Å². The van der Waals surface area contributed by atoms with Crippen LogP contribution in [-0.2, 0) is 16.0 Å². The van der Waals surface area contributed by atoms with Gasteiger partial charge in [-0.15, -0.1) is 0 Å². The number of carbonyl (C=O) groups is 2. The number of hydrogen-bond acceptors (Lipinski definition) is 6. The van der Waals surface area contributed by atoms with Gasteiger partial charge in [0, 0.05) is 6.92 Å². The number of carbonyl (C=O) groups excluding carboxylic acids is 2. The summed E-state index contributed by atoms with van der Waals surface area (Å²) in [4.78, 5) is 24.7. The van der Waals surface area contributed by atoms with Crippen molar-refractivity contribution in [1.29, 1.82) is 0 Å². The van der Waals surface area contributed by atoms with Gasteiger partial charge in [-0.25, -0.2) is 10.2 Å². The SMILES string of the molecule is CC.CCc1cc(C(CC)OC(=O)NNS)ccc1OC(C)=O. The quantitative estimate of drug-likeness (QED) is 0.318. The number of benzene rings is 1. The zero-order valence-electron chi connectivity index (χ0n) is 14.3. The lowest BCUT2D eigenvalue weighted by atomic mass is 10.0. The number of hydrogen-bond donors (Lipinski definition) is 3. The summed E-state index contributed by atoms with van der Waals surface area (Å²) < 4.78 is 10.4. The molecular weight excluding hydrogens is 316 g/mol. The van der Waals surface area contributed by atoms with Crippen molar-refractivity contribution in [2.75, 3.05) is 0 Å². The molecule has 130 valence electrons. The normalized spacial score (nSPS) is 10.9. The summed E-state index contributed by atoms with van der Waals surface area (Å²) in [5.41, 5.74) is 3.96. The second kappa shape index (κ2) is 11.8. The van der Waals surface area contributed by atoms with Gasteiger partial charge >= 0.3 is 12.1 Å². The van der Waals surface area contributed by atoms with Crippen molar-refractivity contribution in [1.82, 2.24) is 10.3 Å². The molecule has 1 amide bonds. The average molecular weight is 342 g/mol. The molecule has 0 aliphatic rings. The number of hydrazine groups is 1. The van der Waals surface area contributed by atoms with Gasteiger partial charge in [-0.3, -0.25) is 4.79 Å². The molecule has 1 aromatic carbocycles. The fraction of sp³-hybridized carbons (Fsp3) is 0.500. The van der Waals surface area contributed by atoms with Crippen LogP contribution in [0.4, 0.5) is 4.79 Å². The highest BCUT2D eigenvalue weighted by Crippen LogP contribution is 2.27. The van der Waals surface area contributed by atoms with Gasteiger partial charge < -0.3 is 9.47 Å². The molecule has 0 aliphatic carbocycles. The second-order valence-corrected chi connectivity index (χ2v) is 4.58. The molecule has 0 heterocycles. The van der Waals surface area contributed by atoms with Crippen LogP contribution in [0, 0.1) is 0 Å². The van der Waals surface area contributed by atoms with Crippen LogP contribution in [0.5, 0.6) is 5.75 Å². The first kappa shape index (κ1) is 21.3. The zero-order valence-corrected chi connectivity index (χ0v) is 15.2. The topological polar surface area (TPSA) is 76.7 Å². The second-order valence-electron chi connectivity index (χ2n) is 4.35. The number of esters is 1. The monoisotopic (exact) mass is 342 g/mol. The van der Waals surface area contributed by atoms with Crippen molar-refractivity contribution in [3.8, 4) is 5.75 Å². The molecule has 1 unspecified atom stereocenters. The molecule has 0 spiro atoms. The molecule has 1 rings (SSSR count). The van der Waals surface area contributed by atoms with Crippen molar-refractivity contribution in [2.24, 2.45) is 0 Å². The van der Waals surface area contributed by atoms with Gasteiger partial charge in [0.2, 0.25) is 0 Å². The van der Waals surface area contributed by atoms with Crippen LogP contribution < -0.4 is 15.0 Å². The van der Waals surface area contributed by atoms with Gasteiger partial charge in [0.25, 0.3) is 0 Å². The molecule has 0 saturated carbocycles. The van der Waals surface area contributed by atoms with Crippen LogP contribution in [-0.4, -0.2) is 12.1 Å². The fourth-order valence-corrected chi connectivity index (χ4v) is 2.01. The Bertz CT molecular complexity index is 509. The number of nitrogens with one attached hydrogen (secondary N) is 2. The highest BCUT2D eigenvalue weighted by Gasteiger charge is 2.16. The minimum absolute atomic E-state index is 0.361. The molecule has 0 bridgehead atoms. The Morgan fingerprint density at radius 3 is 2.39 bits per heavy atom. The summed E-state index contributed by atoms with van der Waals surface area (Å²) in [6.07, 6.45) is 0.329. The minimum Gasteiger partial charge on any atom is -0.440 e. The molecule has 0 saturated heterocycles. The van der Waals surface area contributed by atoms with Gasteiger partial charge in [0.1, 0.15) is 11.9 Å². The van der Waals surface area contributed by atoms with E-state index in [4.69, 9.17) is 9.47 Å². The third kappa shape index (κ3) is 7.38. The van der Waals surface area contributed by atoms with E-state index in [9.17, 15) is 9.59 Å². The maximum Gasteiger partial charge on any atom is 0.422 e. The van der Waals surface area contributed by atoms with E-state index in [2.05, 4.69) is 23.1 Å². The van der Waals surface area contributed by atoms with Crippen LogP contribution in [0.15, 0.2) is 18.2 Å². The van der Waals surface area contributed by atoms with Gasteiger partial charge in [-0.1, -0.05) is 46.6 Å². The summed E-state index contributed by atoms with van der Waals surface area (Å²) in [6, 6.07) is 5.39. The maximum atomic E-state index is 11.4. The summed E-state index contributed by atoms with van der Waals surface area (Å²) in [5.74, 6) is 0.171. The summed E-state index contributed by atoms with van der Waals surface area (Å²) in [6.45, 7) is 9.24. The van der Waals surface area contributed by atoms with Crippen LogP contribution in [0.1, 0.15) is 58.3 Å². The number of rotatable bonds is 6. The standard InChI is InChI=1S/C14H20N2O4S.C2H6/c1-4-10-8-11(6-7-13(10)19-9(3)17)12(5-2)20-14(18)15-16-21;1-2/h6-8,12,16,21H,4-5H2,1-3H3,(H,15,18);1-2H3. The lowest BCUT2D eigenvalue weighted by molar-refractivity contribution is -0.131. The summed E-state index contributed by atoms with van der Waals surface area (Å²) >= 11 is 3.67. The smallest absolute Gasteiger partial charge is 0.422 e. The molecule has 7 heteroatoms. The average Bonchev–Trinajstić information content (AvgIpc) is 2.54. The molecule has 0 radical (unpaired) electrons. The molecule has 0 aliphatic heterocycles. The van der Waals surface area contributed by atoms with Crippen LogP contribution in [0.3, 0.4) is 0 Å². The van der Waals surface area contributed by atoms with Gasteiger partial charge in [-0.2, -0.15) is 4.83 Å². The predicted molar refractivity (Wildman–Crippen MR) is 93.2 cm³/mol. The number of amides is 1. The molecule has 23 heavy (non-hydrogen) atoms. The van der Waals surface area contributed by atoms with Gasteiger partial charge in [0.15, 0.2) is 0 Å². The first-order chi connectivity index (χ1) is 11.0. The van der Waals surface area contributed by atoms with E-state index in [0.29, 0.717) is 18.6 Å². The zero-order chi connectivity index (χ0) is 17.8. The Labute approximate surface area is 143 Å². The Balaban J connectivity index is 0.00000232. The van der Waals surface area contributed by atoms with E-state index in [-0.39, 0.29) is 12.1 Å². The van der Waals surface area contributed by atoms with Crippen molar-refractivity contribution in [3.05, 3.63) is 29.3 Å². The highest BCUT2D eigenvalue weighted by atomic mass is 32.1. The summed E-state index contributed by atoms with van der Waals surface area (Å²) in [5, 5.41) is 0. The van der Waals surface area contributed by atoms with E-state index in [1.165, 1.54) is 6.92 Å². The minimum atomic E-state index is -0.612. The van der Waals surface area contributed by atoms with Crippen molar-refractivity contribution < 1.29 is 19.1 Å². The number of ether oxygens (including phenoxy) is 2. The van der Waals surface area contributed by atoms with Crippen LogP contribution >= 0.6 is 12.8 Å². The van der Waals surface area contributed by atoms with Gasteiger partial charge in [-0.05, 0) is 36.1 Å². The van der Waals surface area contributed by atoms with Crippen LogP contribution in [0.2, 0.25) is 0 Å². The largest absolute Gasteiger partial charge is 0.440 e. The first-order valence-electron chi connectivity index (χ1n) is 7.68. The molecule has 1 atom stereocenters. The molecule has 0 aromatic heterocycles. The van der Waals surface area contributed by atoms with Crippen molar-refractivity contribution >= 4 is 24.9 Å². The highest BCUT2D eigenvalue weighted by molar-refractivity contribution is 7.78. The lowest BCUT2D eigenvalue weighted by Gasteiger charge is -2.18. The first-order valence-corrected chi connectivity index (χ1v) is 8.13. The van der Waals surface area contributed by atoms with E-state index >= 15 is 0 Å². The van der Waals surface area contributed by atoms with E-state index in [1.54, 1.807) is 12.1 Å². The Kier molecular flexibility index (Phi) is 10.9. The third-order valence-electron chi connectivity index (χ3n) is 2.87. The lowest BCUT2D eigenvalue weighted by Crippen LogP contribution is -2.32. The Hall–Kier alpha value is -1.73. The molecule has 1 aromatic rings. The fourth-order valence-electron chi connectivity index (χ4n) is 1.92. The predicted octanol–water partition coefficient (Wildman–Crippen LogP) is 3.73. The molecule has 6 nitrogen and oxygen atoms in total. The van der Waals surface area contributed by atoms with Crippen LogP contribution in [0.25, 0.3) is 0 Å². The summed E-state index contributed by atoms with van der Waals surface area (Å²) in [7, 11) is 0. The Morgan fingerprint density at radius 2 is 1.91 bits per heavy atom. The number of aryl methyl sites for hydroxylation is 1. The van der Waals surface area contributed by atoms with Crippen molar-refractivity contribution in [3.63, 3.8) is 0 Å². The van der Waals surface area contributed by atoms with Crippen molar-refractivity contribution in [2.45, 2.75) is 53.6 Å². The molecular formula is C16H26N2O4S.